The van der Waals surface area contributed by atoms with Crippen molar-refractivity contribution in [3.8, 4) is 0 Å². The second-order valence-corrected chi connectivity index (χ2v) is 7.61. The van der Waals surface area contributed by atoms with Crippen LogP contribution in [-0.2, 0) is 22.6 Å². The Hall–Kier alpha value is -3.81. The van der Waals surface area contributed by atoms with E-state index in [1.165, 1.54) is 4.68 Å². The minimum atomic E-state index is -0.647. The zero-order valence-corrected chi connectivity index (χ0v) is 17.0. The first-order valence-electron chi connectivity index (χ1n) is 10.1. The second kappa shape index (κ2) is 8.51. The fourth-order valence-electron chi connectivity index (χ4n) is 3.61. The van der Waals surface area contributed by atoms with Crippen LogP contribution in [-0.4, -0.2) is 49.8 Å². The van der Waals surface area contributed by atoms with Gasteiger partial charge in [-0.25, -0.2) is 0 Å². The maximum Gasteiger partial charge on any atom is 0.269 e. The van der Waals surface area contributed by atoms with Gasteiger partial charge in [-0.2, -0.15) is 5.10 Å². The molecule has 0 saturated heterocycles. The summed E-state index contributed by atoms with van der Waals surface area (Å²) >= 11 is 0. The highest BCUT2D eigenvalue weighted by Gasteiger charge is 2.34. The standard InChI is InChI=1S/C23H23N5O3/c1-2-15-6-5-7-16(25-15)12-18(29)13-27(17-10-11-17)21(30)14-28-20-9-4-3-8-19(20)22(26-28)23(24)31/h2-9,17H,1,10-14H2,(H2,24,31). The minimum absolute atomic E-state index is 0.0192. The van der Waals surface area contributed by atoms with Crippen molar-refractivity contribution in [2.75, 3.05) is 6.54 Å². The molecule has 0 spiro atoms. The summed E-state index contributed by atoms with van der Waals surface area (Å²) in [7, 11) is 0. The average molecular weight is 417 g/mol. The van der Waals surface area contributed by atoms with Gasteiger partial charge in [0.05, 0.1) is 24.2 Å². The lowest BCUT2D eigenvalue weighted by Gasteiger charge is -2.22. The number of carbonyl (C=O) groups is 3. The van der Waals surface area contributed by atoms with E-state index in [1.54, 1.807) is 35.2 Å². The van der Waals surface area contributed by atoms with Crippen molar-refractivity contribution >= 4 is 34.6 Å². The van der Waals surface area contributed by atoms with Gasteiger partial charge in [0.1, 0.15) is 6.54 Å². The summed E-state index contributed by atoms with van der Waals surface area (Å²) in [6, 6.07) is 12.6. The van der Waals surface area contributed by atoms with Crippen LogP contribution in [0.4, 0.5) is 0 Å². The average Bonchev–Trinajstić information content (AvgIpc) is 3.54. The summed E-state index contributed by atoms with van der Waals surface area (Å²) in [5.41, 5.74) is 7.57. The molecule has 0 radical (unpaired) electrons. The van der Waals surface area contributed by atoms with Crippen molar-refractivity contribution in [1.29, 1.82) is 0 Å². The van der Waals surface area contributed by atoms with Crippen molar-refractivity contribution in [3.63, 3.8) is 0 Å². The van der Waals surface area contributed by atoms with E-state index in [0.29, 0.717) is 22.3 Å². The van der Waals surface area contributed by atoms with E-state index in [1.807, 2.05) is 18.2 Å². The Bertz CT molecular complexity index is 1180. The summed E-state index contributed by atoms with van der Waals surface area (Å²) < 4.78 is 1.48. The van der Waals surface area contributed by atoms with Gasteiger partial charge in [0.15, 0.2) is 11.5 Å². The van der Waals surface area contributed by atoms with E-state index in [9.17, 15) is 14.4 Å². The van der Waals surface area contributed by atoms with Gasteiger partial charge in [-0.05, 0) is 37.1 Å². The first-order chi connectivity index (χ1) is 15.0. The Balaban J connectivity index is 1.50. The molecule has 158 valence electrons. The number of fused-ring (bicyclic) bond motifs is 1. The van der Waals surface area contributed by atoms with Crippen LogP contribution in [0.2, 0.25) is 0 Å². The topological polar surface area (TPSA) is 111 Å². The molecule has 0 bridgehead atoms. The van der Waals surface area contributed by atoms with Crippen molar-refractivity contribution in [2.45, 2.75) is 31.8 Å². The normalized spacial score (nSPS) is 13.2. The lowest BCUT2D eigenvalue weighted by molar-refractivity contribution is -0.136. The molecule has 31 heavy (non-hydrogen) atoms. The molecule has 2 heterocycles. The van der Waals surface area contributed by atoms with Crippen LogP contribution >= 0.6 is 0 Å². The Morgan fingerprint density at radius 2 is 1.94 bits per heavy atom. The van der Waals surface area contributed by atoms with Crippen LogP contribution in [0.5, 0.6) is 0 Å². The quantitative estimate of drug-likeness (QED) is 0.572. The maximum absolute atomic E-state index is 13.1. The molecular formula is C23H23N5O3. The number of benzene rings is 1. The van der Waals surface area contributed by atoms with Gasteiger partial charge in [-0.3, -0.25) is 24.0 Å². The molecule has 3 aromatic rings. The van der Waals surface area contributed by atoms with Gasteiger partial charge in [-0.15, -0.1) is 0 Å². The third kappa shape index (κ3) is 4.53. The molecule has 1 aliphatic carbocycles. The highest BCUT2D eigenvalue weighted by Crippen LogP contribution is 2.27. The number of carbonyl (C=O) groups excluding carboxylic acids is 3. The van der Waals surface area contributed by atoms with Gasteiger partial charge in [0.2, 0.25) is 5.91 Å². The fourth-order valence-corrected chi connectivity index (χ4v) is 3.61. The number of pyridine rings is 1. The largest absolute Gasteiger partial charge is 0.364 e. The number of nitrogens with zero attached hydrogens (tertiary/aromatic N) is 4. The molecule has 8 nitrogen and oxygen atoms in total. The minimum Gasteiger partial charge on any atom is -0.364 e. The molecule has 0 aliphatic heterocycles. The SMILES string of the molecule is C=Cc1cccc(CC(=O)CN(C(=O)Cn2nc(C(N)=O)c3ccccc32)C2CC2)n1. The maximum atomic E-state index is 13.1. The first-order valence-corrected chi connectivity index (χ1v) is 10.1. The Labute approximate surface area is 179 Å². The number of nitrogens with two attached hydrogens (primary N) is 1. The van der Waals surface area contributed by atoms with Crippen LogP contribution in [0.3, 0.4) is 0 Å². The Kier molecular flexibility index (Phi) is 5.62. The number of hydrogen-bond acceptors (Lipinski definition) is 5. The number of rotatable bonds is 9. The zero-order valence-electron chi connectivity index (χ0n) is 17.0. The summed E-state index contributed by atoms with van der Waals surface area (Å²) in [4.78, 5) is 43.4. The first kappa shape index (κ1) is 20.5. The van der Waals surface area contributed by atoms with E-state index >= 15 is 0 Å². The molecule has 1 aromatic carbocycles. The monoisotopic (exact) mass is 417 g/mol. The molecule has 8 heteroatoms. The van der Waals surface area contributed by atoms with Gasteiger partial charge in [-0.1, -0.05) is 30.8 Å². The van der Waals surface area contributed by atoms with E-state index in [-0.39, 0.29) is 42.9 Å². The number of ketones is 1. The molecule has 2 aromatic heterocycles. The summed E-state index contributed by atoms with van der Waals surface area (Å²) in [5.74, 6) is -0.948. The highest BCUT2D eigenvalue weighted by molar-refractivity contribution is 6.04. The van der Waals surface area contributed by atoms with Crippen molar-refractivity contribution in [2.24, 2.45) is 5.73 Å². The Morgan fingerprint density at radius 3 is 2.65 bits per heavy atom. The highest BCUT2D eigenvalue weighted by atomic mass is 16.2. The van der Waals surface area contributed by atoms with E-state index in [4.69, 9.17) is 5.73 Å². The van der Waals surface area contributed by atoms with Crippen LogP contribution in [0.1, 0.15) is 34.7 Å². The molecule has 2 N–H and O–H groups in total. The zero-order chi connectivity index (χ0) is 22.0. The predicted molar refractivity (Wildman–Crippen MR) is 116 cm³/mol. The summed E-state index contributed by atoms with van der Waals surface area (Å²) in [6.07, 6.45) is 3.52. The number of aromatic nitrogens is 3. The van der Waals surface area contributed by atoms with E-state index in [2.05, 4.69) is 16.7 Å². The smallest absolute Gasteiger partial charge is 0.269 e. The summed E-state index contributed by atoms with van der Waals surface area (Å²) in [5, 5.41) is 4.85. The molecule has 1 fully saturated rings. The molecule has 1 saturated carbocycles. The lowest BCUT2D eigenvalue weighted by Crippen LogP contribution is -2.40. The third-order valence-corrected chi connectivity index (χ3v) is 5.25. The molecule has 0 atom stereocenters. The van der Waals surface area contributed by atoms with Crippen LogP contribution in [0, 0.1) is 0 Å². The van der Waals surface area contributed by atoms with Crippen LogP contribution in [0.15, 0.2) is 49.0 Å². The molecule has 2 amide bonds. The predicted octanol–water partition coefficient (Wildman–Crippen LogP) is 1.98. The molecule has 1 aliphatic rings. The van der Waals surface area contributed by atoms with E-state index < -0.39 is 5.91 Å². The molecule has 4 rings (SSSR count). The van der Waals surface area contributed by atoms with Crippen LogP contribution < -0.4 is 5.73 Å². The number of amides is 2. The van der Waals surface area contributed by atoms with E-state index in [0.717, 1.165) is 12.8 Å². The van der Waals surface area contributed by atoms with Crippen LogP contribution in [0.25, 0.3) is 17.0 Å². The molecule has 0 unspecified atom stereocenters. The number of Topliss-reactive ketones (excluding diaryl/α,β-unsaturated/α-hetero) is 1. The van der Waals surface area contributed by atoms with Gasteiger partial charge >= 0.3 is 0 Å². The number of para-hydroxylation sites is 1. The van der Waals surface area contributed by atoms with Crippen molar-refractivity contribution in [1.82, 2.24) is 19.7 Å². The number of hydrogen-bond donors (Lipinski definition) is 1. The summed E-state index contributed by atoms with van der Waals surface area (Å²) in [6.45, 7) is 3.64. The Morgan fingerprint density at radius 1 is 1.16 bits per heavy atom. The number of primary amides is 1. The lowest BCUT2D eigenvalue weighted by atomic mass is 10.1. The van der Waals surface area contributed by atoms with Gasteiger partial charge in [0, 0.05) is 17.1 Å². The molecular weight excluding hydrogens is 394 g/mol. The third-order valence-electron chi connectivity index (χ3n) is 5.25. The van der Waals surface area contributed by atoms with Gasteiger partial charge < -0.3 is 10.6 Å². The van der Waals surface area contributed by atoms with Crippen molar-refractivity contribution < 1.29 is 14.4 Å². The second-order valence-electron chi connectivity index (χ2n) is 7.61. The van der Waals surface area contributed by atoms with Crippen molar-refractivity contribution in [3.05, 3.63) is 66.1 Å². The van der Waals surface area contributed by atoms with Gasteiger partial charge in [0.25, 0.3) is 5.91 Å². The fraction of sp³-hybridized carbons (Fsp3) is 0.261.